The number of benzene rings is 1. The van der Waals surface area contributed by atoms with Crippen molar-refractivity contribution in [2.45, 2.75) is 47.0 Å². The van der Waals surface area contributed by atoms with Crippen LogP contribution in [-0.4, -0.2) is 33.7 Å². The fraction of sp³-hybridized carbons (Fsp3) is 0.435. The van der Waals surface area contributed by atoms with Crippen LogP contribution < -0.4 is 5.32 Å². The first-order valence-corrected chi connectivity index (χ1v) is 11.2. The molecule has 162 valence electrons. The van der Waals surface area contributed by atoms with Crippen LogP contribution in [-0.2, 0) is 22.4 Å². The van der Waals surface area contributed by atoms with Gasteiger partial charge in [-0.2, -0.15) is 0 Å². The molecule has 0 saturated heterocycles. The molecular formula is C23H26N4O3S. The van der Waals surface area contributed by atoms with Crippen LogP contribution in [0.5, 0.6) is 0 Å². The number of rotatable bonds is 4. The maximum absolute atomic E-state index is 13.2. The van der Waals surface area contributed by atoms with Crippen LogP contribution in [0, 0.1) is 18.3 Å². The van der Waals surface area contributed by atoms with Gasteiger partial charge in [-0.25, -0.2) is 4.79 Å². The van der Waals surface area contributed by atoms with Gasteiger partial charge in [0.2, 0.25) is 5.13 Å². The van der Waals surface area contributed by atoms with E-state index in [9.17, 15) is 9.59 Å². The van der Waals surface area contributed by atoms with Crippen molar-refractivity contribution in [3.05, 3.63) is 46.1 Å². The number of hydrogen-bond acceptors (Lipinski definition) is 7. The lowest BCUT2D eigenvalue weighted by Gasteiger charge is -2.35. The maximum atomic E-state index is 13.2. The lowest BCUT2D eigenvalue weighted by molar-refractivity contribution is -0.119. The third kappa shape index (κ3) is 4.58. The van der Waals surface area contributed by atoms with Crippen molar-refractivity contribution < 1.29 is 14.3 Å². The molecule has 1 aliphatic carbocycles. The van der Waals surface area contributed by atoms with Crippen LogP contribution in [0.15, 0.2) is 24.3 Å². The van der Waals surface area contributed by atoms with Crippen LogP contribution in [0.4, 0.5) is 5.13 Å². The molecule has 1 N–H and O–H groups in total. The van der Waals surface area contributed by atoms with E-state index < -0.39 is 11.9 Å². The highest BCUT2D eigenvalue weighted by molar-refractivity contribution is 7.15. The Kier molecular flexibility index (Phi) is 5.75. The molecule has 0 saturated carbocycles. The van der Waals surface area contributed by atoms with Crippen LogP contribution in [0.3, 0.4) is 0 Å². The van der Waals surface area contributed by atoms with Gasteiger partial charge >= 0.3 is 5.97 Å². The summed E-state index contributed by atoms with van der Waals surface area (Å²) in [6, 6.07) is 7.60. The first-order valence-electron chi connectivity index (χ1n) is 10.4. The molecule has 2 aromatic heterocycles. The molecule has 0 aliphatic heterocycles. The number of nitrogens with zero attached hydrogens (tertiary/aromatic N) is 3. The van der Waals surface area contributed by atoms with Crippen molar-refractivity contribution in [3.8, 4) is 0 Å². The second-order valence-corrected chi connectivity index (χ2v) is 10.2. The van der Waals surface area contributed by atoms with Crippen molar-refractivity contribution in [3.63, 3.8) is 0 Å². The molecule has 1 aliphatic rings. The molecule has 7 nitrogen and oxygen atoms in total. The number of hydrogen-bond donors (Lipinski definition) is 1. The molecule has 0 fully saturated rings. The third-order valence-corrected chi connectivity index (χ3v) is 6.55. The number of esters is 1. The molecule has 2 heterocycles. The summed E-state index contributed by atoms with van der Waals surface area (Å²) in [5.74, 6) is -0.490. The number of nitrogens with one attached hydrogen (secondary N) is 1. The number of amides is 1. The fourth-order valence-electron chi connectivity index (χ4n) is 4.07. The van der Waals surface area contributed by atoms with Gasteiger partial charge in [0.25, 0.3) is 5.91 Å². The van der Waals surface area contributed by atoms with E-state index >= 15 is 0 Å². The summed E-state index contributed by atoms with van der Waals surface area (Å²) in [6.07, 6.45) is 2.65. The van der Waals surface area contributed by atoms with Gasteiger partial charge in [-0.1, -0.05) is 50.3 Å². The predicted molar refractivity (Wildman–Crippen MR) is 120 cm³/mol. The molecule has 3 aromatic rings. The number of anilines is 1. The van der Waals surface area contributed by atoms with Crippen molar-refractivity contribution in [2.24, 2.45) is 11.3 Å². The van der Waals surface area contributed by atoms with Gasteiger partial charge in [0.15, 0.2) is 6.61 Å². The molecule has 8 heteroatoms. The molecule has 0 bridgehead atoms. The fourth-order valence-corrected chi connectivity index (χ4v) is 4.67. The molecule has 1 atom stereocenters. The van der Waals surface area contributed by atoms with E-state index in [1.54, 1.807) is 6.92 Å². The minimum absolute atomic E-state index is 0.129. The highest BCUT2D eigenvalue weighted by atomic mass is 32.1. The molecular weight excluding hydrogens is 412 g/mol. The lowest BCUT2D eigenvalue weighted by atomic mass is 9.70. The minimum Gasteiger partial charge on any atom is -0.452 e. The average molecular weight is 439 g/mol. The van der Waals surface area contributed by atoms with Crippen molar-refractivity contribution in [1.82, 2.24) is 15.2 Å². The SMILES string of the molecule is Cc1nnc(NC(=O)COC(=O)c2c3c(nc4ccccc24)CCC(C(C)(C)C)C3)s1. The predicted octanol–water partition coefficient (Wildman–Crippen LogP) is 4.34. The Balaban J connectivity index is 1.61. The van der Waals surface area contributed by atoms with Gasteiger partial charge in [-0.15, -0.1) is 10.2 Å². The van der Waals surface area contributed by atoms with Gasteiger partial charge in [-0.05, 0) is 49.1 Å². The number of carbonyl (C=O) groups excluding carboxylic acids is 2. The zero-order valence-electron chi connectivity index (χ0n) is 18.2. The van der Waals surface area contributed by atoms with Crippen LogP contribution in [0.2, 0.25) is 0 Å². The van der Waals surface area contributed by atoms with E-state index in [1.165, 1.54) is 11.3 Å². The van der Waals surface area contributed by atoms with E-state index in [0.29, 0.717) is 16.6 Å². The summed E-state index contributed by atoms with van der Waals surface area (Å²) in [6.45, 7) is 8.11. The first-order chi connectivity index (χ1) is 14.7. The molecule has 0 radical (unpaired) electrons. The smallest absolute Gasteiger partial charge is 0.339 e. The van der Waals surface area contributed by atoms with Crippen molar-refractivity contribution in [2.75, 3.05) is 11.9 Å². The van der Waals surface area contributed by atoms with E-state index in [2.05, 4.69) is 36.3 Å². The second-order valence-electron chi connectivity index (χ2n) is 8.99. The Morgan fingerprint density at radius 2 is 2.00 bits per heavy atom. The summed E-state index contributed by atoms with van der Waals surface area (Å²) in [5.41, 5.74) is 3.35. The molecule has 1 amide bonds. The number of ether oxygens (including phenoxy) is 1. The normalized spacial score (nSPS) is 16.1. The van der Waals surface area contributed by atoms with Crippen molar-refractivity contribution in [1.29, 1.82) is 0 Å². The molecule has 4 rings (SSSR count). The zero-order chi connectivity index (χ0) is 22.2. The standard InChI is InChI=1S/C23H26N4O3S/c1-13-26-27-22(31-13)25-19(28)12-30-21(29)20-15-7-5-6-8-17(15)24-18-10-9-14(11-16(18)20)23(2,3)4/h5-8,14H,9-12H2,1-4H3,(H,25,27,28). The molecule has 31 heavy (non-hydrogen) atoms. The second kappa shape index (κ2) is 8.34. The Bertz CT molecular complexity index is 1150. The zero-order valence-corrected chi connectivity index (χ0v) is 19.0. The van der Waals surface area contributed by atoms with E-state index in [0.717, 1.165) is 46.4 Å². The summed E-state index contributed by atoms with van der Waals surface area (Å²) in [7, 11) is 0. The quantitative estimate of drug-likeness (QED) is 0.609. The van der Waals surface area contributed by atoms with Gasteiger partial charge in [0, 0.05) is 11.1 Å². The number of aryl methyl sites for hydroxylation is 2. The van der Waals surface area contributed by atoms with Crippen molar-refractivity contribution >= 4 is 39.2 Å². The number of carbonyl (C=O) groups is 2. The number of para-hydroxylation sites is 1. The van der Waals surface area contributed by atoms with Gasteiger partial charge in [0.05, 0.1) is 11.1 Å². The largest absolute Gasteiger partial charge is 0.452 e. The Hall–Kier alpha value is -2.87. The minimum atomic E-state index is -0.493. The summed E-state index contributed by atoms with van der Waals surface area (Å²) in [5, 5.41) is 12.2. The lowest BCUT2D eigenvalue weighted by Crippen LogP contribution is -2.29. The maximum Gasteiger partial charge on any atom is 0.339 e. The number of pyridine rings is 1. The van der Waals surface area contributed by atoms with Gasteiger partial charge in [0.1, 0.15) is 5.01 Å². The Morgan fingerprint density at radius 1 is 1.23 bits per heavy atom. The van der Waals surface area contributed by atoms with Gasteiger partial charge < -0.3 is 4.74 Å². The van der Waals surface area contributed by atoms with Crippen LogP contribution >= 0.6 is 11.3 Å². The monoisotopic (exact) mass is 438 g/mol. The summed E-state index contributed by atoms with van der Waals surface area (Å²) < 4.78 is 5.44. The van der Waals surface area contributed by atoms with E-state index in [1.807, 2.05) is 24.3 Å². The van der Waals surface area contributed by atoms with E-state index in [4.69, 9.17) is 9.72 Å². The summed E-state index contributed by atoms with van der Waals surface area (Å²) >= 11 is 1.27. The highest BCUT2D eigenvalue weighted by Gasteiger charge is 2.33. The molecule has 1 unspecified atom stereocenters. The average Bonchev–Trinajstić information content (AvgIpc) is 3.13. The highest BCUT2D eigenvalue weighted by Crippen LogP contribution is 2.39. The van der Waals surface area contributed by atoms with Crippen LogP contribution in [0.25, 0.3) is 10.9 Å². The van der Waals surface area contributed by atoms with Gasteiger partial charge in [-0.3, -0.25) is 15.1 Å². The number of aromatic nitrogens is 3. The molecule has 0 spiro atoms. The Labute approximate surface area is 185 Å². The Morgan fingerprint density at radius 3 is 2.71 bits per heavy atom. The summed E-state index contributed by atoms with van der Waals surface area (Å²) in [4.78, 5) is 30.3. The first kappa shape index (κ1) is 21.4. The van der Waals surface area contributed by atoms with Crippen LogP contribution in [0.1, 0.15) is 53.8 Å². The van der Waals surface area contributed by atoms with E-state index in [-0.39, 0.29) is 12.0 Å². The number of fused-ring (bicyclic) bond motifs is 2. The molecule has 1 aromatic carbocycles. The third-order valence-electron chi connectivity index (χ3n) is 5.79. The topological polar surface area (TPSA) is 94.1 Å².